The van der Waals surface area contributed by atoms with Crippen molar-refractivity contribution in [3.63, 3.8) is 0 Å². The number of non-ortho nitro benzene ring substituents is 1. The van der Waals surface area contributed by atoms with Gasteiger partial charge in [0.2, 0.25) is 0 Å². The van der Waals surface area contributed by atoms with Crippen LogP contribution in [0.25, 0.3) is 6.08 Å². The number of thioether (sulfide) groups is 1. The lowest BCUT2D eigenvalue weighted by Crippen LogP contribution is -2.32. The second kappa shape index (κ2) is 10.8. The summed E-state index contributed by atoms with van der Waals surface area (Å²) in [6.07, 6.45) is 1.62. The van der Waals surface area contributed by atoms with E-state index in [1.165, 1.54) is 36.4 Å². The number of nitro benzene ring substituents is 1. The van der Waals surface area contributed by atoms with E-state index < -0.39 is 10.8 Å². The van der Waals surface area contributed by atoms with E-state index in [2.05, 4.69) is 0 Å². The molecule has 0 N–H and O–H groups in total. The van der Waals surface area contributed by atoms with E-state index in [9.17, 15) is 24.1 Å². The monoisotopic (exact) mass is 494 g/mol. The molecule has 1 aliphatic rings. The van der Waals surface area contributed by atoms with Gasteiger partial charge >= 0.3 is 0 Å². The lowest BCUT2D eigenvalue weighted by molar-refractivity contribution is -0.384. The molecule has 0 spiro atoms. The van der Waals surface area contributed by atoms with Crippen LogP contribution in [0.1, 0.15) is 11.1 Å². The van der Waals surface area contributed by atoms with Gasteiger partial charge in [0, 0.05) is 12.1 Å². The van der Waals surface area contributed by atoms with Gasteiger partial charge < -0.3 is 9.47 Å². The zero-order valence-electron chi connectivity index (χ0n) is 18.3. The van der Waals surface area contributed by atoms with Gasteiger partial charge in [-0.3, -0.25) is 24.6 Å². The minimum atomic E-state index is -0.460. The summed E-state index contributed by atoms with van der Waals surface area (Å²) >= 11 is 0.847. The van der Waals surface area contributed by atoms with Crippen molar-refractivity contribution in [3.05, 3.63) is 105 Å². The number of nitrogens with zero attached hydrogens (tertiary/aromatic N) is 2. The molecule has 1 fully saturated rings. The number of rotatable bonds is 9. The van der Waals surface area contributed by atoms with Crippen molar-refractivity contribution in [2.75, 3.05) is 13.2 Å². The van der Waals surface area contributed by atoms with Crippen LogP contribution in [-0.2, 0) is 11.4 Å². The molecule has 3 aromatic carbocycles. The number of amides is 2. The minimum Gasteiger partial charge on any atom is -0.492 e. The average Bonchev–Trinajstić information content (AvgIpc) is 3.12. The fourth-order valence-electron chi connectivity index (χ4n) is 3.22. The third-order valence-electron chi connectivity index (χ3n) is 4.98. The van der Waals surface area contributed by atoms with Crippen molar-refractivity contribution in [2.45, 2.75) is 6.61 Å². The SMILES string of the molecule is O=C1S/C(=C\c2ccc(OCc3cccc([N+](=O)[O-])c3)cc2)C(=O)N1CCOc1ccc(F)cc1. The van der Waals surface area contributed by atoms with Crippen LogP contribution >= 0.6 is 11.8 Å². The number of halogens is 1. The van der Waals surface area contributed by atoms with E-state index >= 15 is 0 Å². The Morgan fingerprint density at radius 2 is 1.66 bits per heavy atom. The van der Waals surface area contributed by atoms with Gasteiger partial charge in [-0.2, -0.15) is 0 Å². The molecule has 0 saturated carbocycles. The second-order valence-electron chi connectivity index (χ2n) is 7.42. The minimum absolute atomic E-state index is 0.00240. The van der Waals surface area contributed by atoms with Gasteiger partial charge in [0.15, 0.2) is 0 Å². The van der Waals surface area contributed by atoms with Gasteiger partial charge in [-0.15, -0.1) is 0 Å². The highest BCUT2D eigenvalue weighted by molar-refractivity contribution is 8.18. The standard InChI is InChI=1S/C25H19FN2O6S/c26-19-6-10-21(11-7-19)33-13-12-27-24(29)23(35-25(27)30)15-17-4-8-22(9-5-17)34-16-18-2-1-3-20(14-18)28(31)32/h1-11,14-15H,12-13,16H2/b23-15-. The van der Waals surface area contributed by atoms with E-state index in [4.69, 9.17) is 9.47 Å². The summed E-state index contributed by atoms with van der Waals surface area (Å²) in [5.74, 6) is 0.214. The first-order chi connectivity index (χ1) is 16.9. The average molecular weight is 495 g/mol. The van der Waals surface area contributed by atoms with Gasteiger partial charge in [-0.05, 0) is 65.4 Å². The van der Waals surface area contributed by atoms with Crippen molar-refractivity contribution < 1.29 is 28.4 Å². The molecule has 0 aromatic heterocycles. The largest absolute Gasteiger partial charge is 0.492 e. The third kappa shape index (κ3) is 6.24. The normalized spacial score (nSPS) is 14.4. The van der Waals surface area contributed by atoms with Crippen LogP contribution in [0.5, 0.6) is 11.5 Å². The summed E-state index contributed by atoms with van der Waals surface area (Å²) in [5, 5.41) is 10.5. The van der Waals surface area contributed by atoms with Crippen molar-refractivity contribution in [1.29, 1.82) is 0 Å². The Morgan fingerprint density at radius 3 is 2.37 bits per heavy atom. The molecule has 0 radical (unpaired) electrons. The molecule has 1 saturated heterocycles. The van der Waals surface area contributed by atoms with E-state index in [0.29, 0.717) is 27.5 Å². The van der Waals surface area contributed by atoms with Crippen molar-refractivity contribution in [1.82, 2.24) is 4.90 Å². The number of carbonyl (C=O) groups excluding carboxylic acids is 2. The molecule has 0 aliphatic carbocycles. The maximum absolute atomic E-state index is 13.0. The molecule has 35 heavy (non-hydrogen) atoms. The Labute approximate surface area is 204 Å². The van der Waals surface area contributed by atoms with Crippen LogP contribution < -0.4 is 9.47 Å². The zero-order valence-corrected chi connectivity index (χ0v) is 19.1. The molecular weight excluding hydrogens is 475 g/mol. The molecule has 2 amide bonds. The quantitative estimate of drug-likeness (QED) is 0.222. The highest BCUT2D eigenvalue weighted by atomic mass is 32.2. The van der Waals surface area contributed by atoms with Gasteiger partial charge in [0.1, 0.15) is 30.5 Å². The number of nitro groups is 1. The van der Waals surface area contributed by atoms with Crippen molar-refractivity contribution in [2.24, 2.45) is 0 Å². The number of carbonyl (C=O) groups is 2. The van der Waals surface area contributed by atoms with Crippen LogP contribution in [0, 0.1) is 15.9 Å². The molecule has 1 aliphatic heterocycles. The van der Waals surface area contributed by atoms with Crippen molar-refractivity contribution in [3.8, 4) is 11.5 Å². The molecule has 1 heterocycles. The summed E-state index contributed by atoms with van der Waals surface area (Å²) in [6, 6.07) is 18.6. The predicted octanol–water partition coefficient (Wildman–Crippen LogP) is 5.43. The van der Waals surface area contributed by atoms with E-state index in [0.717, 1.165) is 16.7 Å². The summed E-state index contributed by atoms with van der Waals surface area (Å²) in [6.45, 7) is 0.331. The second-order valence-corrected chi connectivity index (χ2v) is 8.41. The smallest absolute Gasteiger partial charge is 0.293 e. The molecular formula is C25H19FN2O6S. The molecule has 8 nitrogen and oxygen atoms in total. The lowest BCUT2D eigenvalue weighted by Gasteiger charge is -2.13. The summed E-state index contributed by atoms with van der Waals surface area (Å²) < 4.78 is 24.1. The van der Waals surface area contributed by atoms with E-state index in [-0.39, 0.29) is 36.5 Å². The molecule has 4 rings (SSSR count). The van der Waals surface area contributed by atoms with Crippen molar-refractivity contribution >= 4 is 34.7 Å². The zero-order chi connectivity index (χ0) is 24.8. The first-order valence-electron chi connectivity index (χ1n) is 10.5. The molecule has 0 bridgehead atoms. The van der Waals surface area contributed by atoms with Gasteiger partial charge in [-0.1, -0.05) is 24.3 Å². The van der Waals surface area contributed by atoms with Crippen LogP contribution in [0.3, 0.4) is 0 Å². The highest BCUT2D eigenvalue weighted by Crippen LogP contribution is 2.32. The van der Waals surface area contributed by atoms with Gasteiger partial charge in [0.05, 0.1) is 16.4 Å². The molecule has 0 atom stereocenters. The number of ether oxygens (including phenoxy) is 2. The number of hydrogen-bond acceptors (Lipinski definition) is 7. The third-order valence-corrected chi connectivity index (χ3v) is 5.88. The lowest BCUT2D eigenvalue weighted by atomic mass is 10.2. The highest BCUT2D eigenvalue weighted by Gasteiger charge is 2.34. The first-order valence-corrected chi connectivity index (χ1v) is 11.3. The Bertz CT molecular complexity index is 1280. The number of imide groups is 1. The molecule has 3 aromatic rings. The van der Waals surface area contributed by atoms with Crippen LogP contribution in [0.4, 0.5) is 14.9 Å². The number of hydrogen-bond donors (Lipinski definition) is 0. The number of benzene rings is 3. The fraction of sp³-hybridized carbons (Fsp3) is 0.120. The topological polar surface area (TPSA) is 99.0 Å². The van der Waals surface area contributed by atoms with E-state index in [1.807, 2.05) is 0 Å². The summed E-state index contributed by atoms with van der Waals surface area (Å²) in [7, 11) is 0. The fourth-order valence-corrected chi connectivity index (χ4v) is 4.08. The Hall–Kier alpha value is -4.18. The Balaban J connectivity index is 1.32. The maximum atomic E-state index is 13.0. The van der Waals surface area contributed by atoms with Gasteiger partial charge in [0.25, 0.3) is 16.8 Å². The molecule has 0 unspecified atom stereocenters. The Kier molecular flexibility index (Phi) is 7.41. The van der Waals surface area contributed by atoms with Crippen LogP contribution in [0.15, 0.2) is 77.7 Å². The predicted molar refractivity (Wildman–Crippen MR) is 128 cm³/mol. The Morgan fingerprint density at radius 1 is 0.971 bits per heavy atom. The molecule has 178 valence electrons. The summed E-state index contributed by atoms with van der Waals surface area (Å²) in [5.41, 5.74) is 1.37. The van der Waals surface area contributed by atoms with Gasteiger partial charge in [-0.25, -0.2) is 4.39 Å². The van der Waals surface area contributed by atoms with Crippen LogP contribution in [-0.4, -0.2) is 34.1 Å². The first kappa shape index (κ1) is 24.0. The summed E-state index contributed by atoms with van der Waals surface area (Å²) in [4.78, 5) is 36.7. The van der Waals surface area contributed by atoms with Crippen LogP contribution in [0.2, 0.25) is 0 Å². The maximum Gasteiger partial charge on any atom is 0.293 e. The van der Waals surface area contributed by atoms with E-state index in [1.54, 1.807) is 42.5 Å². The molecule has 10 heteroatoms.